The van der Waals surface area contributed by atoms with Crippen LogP contribution in [0.25, 0.3) is 0 Å². The van der Waals surface area contributed by atoms with Gasteiger partial charge in [0.05, 0.1) is 9.79 Å². The van der Waals surface area contributed by atoms with Gasteiger partial charge in [-0.05, 0) is 37.1 Å². The molecule has 0 atom stereocenters. The van der Waals surface area contributed by atoms with E-state index in [0.717, 1.165) is 42.5 Å². The molecule has 1 aliphatic rings. The zero-order chi connectivity index (χ0) is 12.9. The van der Waals surface area contributed by atoms with Crippen LogP contribution in [0.15, 0.2) is 34.1 Å². The lowest BCUT2D eigenvalue weighted by Gasteiger charge is -2.21. The molecular formula is C14H10Cl2OS. The lowest BCUT2D eigenvalue weighted by atomic mass is 10.2. The number of benzene rings is 2. The molecule has 0 bridgehead atoms. The molecule has 0 aliphatic carbocycles. The highest BCUT2D eigenvalue weighted by molar-refractivity contribution is 7.99. The second-order valence-corrected chi connectivity index (χ2v) is 6.20. The summed E-state index contributed by atoms with van der Waals surface area (Å²) in [7, 11) is 0. The van der Waals surface area contributed by atoms with E-state index in [4.69, 9.17) is 27.9 Å². The predicted molar refractivity (Wildman–Crippen MR) is 76.6 cm³/mol. The third-order valence-electron chi connectivity index (χ3n) is 2.89. The fourth-order valence-electron chi connectivity index (χ4n) is 1.83. The van der Waals surface area contributed by atoms with Gasteiger partial charge in [0.25, 0.3) is 0 Å². The minimum atomic E-state index is 0.719. The van der Waals surface area contributed by atoms with E-state index in [1.54, 1.807) is 11.8 Å². The summed E-state index contributed by atoms with van der Waals surface area (Å²) in [6.45, 7) is 3.98. The molecule has 1 heterocycles. The summed E-state index contributed by atoms with van der Waals surface area (Å²) >= 11 is 13.9. The summed E-state index contributed by atoms with van der Waals surface area (Å²) in [5.74, 6) is 1.59. The first-order valence-corrected chi connectivity index (χ1v) is 7.08. The first kappa shape index (κ1) is 12.2. The number of hydrogen-bond acceptors (Lipinski definition) is 2. The van der Waals surface area contributed by atoms with Crippen molar-refractivity contribution >= 4 is 35.0 Å². The SMILES string of the molecule is Cc1cc2c(cc1Cl)Oc1cc(Cl)c(C)cc1S2. The van der Waals surface area contributed by atoms with Crippen molar-refractivity contribution in [3.8, 4) is 11.5 Å². The molecule has 18 heavy (non-hydrogen) atoms. The summed E-state index contributed by atoms with van der Waals surface area (Å²) in [6.07, 6.45) is 0. The van der Waals surface area contributed by atoms with Crippen LogP contribution in [0.5, 0.6) is 11.5 Å². The maximum Gasteiger partial charge on any atom is 0.142 e. The number of ether oxygens (including phenoxy) is 1. The molecule has 0 saturated heterocycles. The largest absolute Gasteiger partial charge is 0.455 e. The number of hydrogen-bond donors (Lipinski definition) is 0. The molecule has 2 aromatic carbocycles. The van der Waals surface area contributed by atoms with Gasteiger partial charge in [-0.3, -0.25) is 0 Å². The van der Waals surface area contributed by atoms with E-state index in [1.807, 2.05) is 26.0 Å². The average molecular weight is 297 g/mol. The van der Waals surface area contributed by atoms with E-state index in [1.165, 1.54) is 0 Å². The summed E-state index contributed by atoms with van der Waals surface area (Å²) in [5, 5.41) is 1.44. The first-order valence-electron chi connectivity index (χ1n) is 5.50. The minimum Gasteiger partial charge on any atom is -0.455 e. The third-order valence-corrected chi connectivity index (χ3v) is 4.78. The van der Waals surface area contributed by atoms with E-state index >= 15 is 0 Å². The summed E-state index contributed by atoms with van der Waals surface area (Å²) in [4.78, 5) is 2.18. The predicted octanol–water partition coefficient (Wildman–Crippen LogP) is 5.87. The normalized spacial score (nSPS) is 12.7. The fourth-order valence-corrected chi connectivity index (χ4v) is 3.25. The van der Waals surface area contributed by atoms with Gasteiger partial charge in [0, 0.05) is 22.2 Å². The second-order valence-electron chi connectivity index (χ2n) is 4.30. The lowest BCUT2D eigenvalue weighted by Crippen LogP contribution is -1.96. The monoisotopic (exact) mass is 296 g/mol. The molecular weight excluding hydrogens is 287 g/mol. The Labute approximate surface area is 120 Å². The van der Waals surface area contributed by atoms with E-state index < -0.39 is 0 Å². The highest BCUT2D eigenvalue weighted by Crippen LogP contribution is 2.49. The Balaban J connectivity index is 2.12. The van der Waals surface area contributed by atoms with Crippen molar-refractivity contribution in [2.24, 2.45) is 0 Å². The molecule has 0 N–H and O–H groups in total. The Hall–Kier alpha value is -0.830. The van der Waals surface area contributed by atoms with Gasteiger partial charge in [0.2, 0.25) is 0 Å². The minimum absolute atomic E-state index is 0.719. The molecule has 0 fully saturated rings. The Bertz CT molecular complexity index is 541. The van der Waals surface area contributed by atoms with Gasteiger partial charge in [0.15, 0.2) is 0 Å². The maximum atomic E-state index is 6.11. The van der Waals surface area contributed by atoms with Crippen LogP contribution >= 0.6 is 35.0 Å². The topological polar surface area (TPSA) is 9.23 Å². The highest BCUT2D eigenvalue weighted by atomic mass is 35.5. The zero-order valence-corrected chi connectivity index (χ0v) is 12.2. The Morgan fingerprint density at radius 3 is 1.72 bits per heavy atom. The number of halogens is 2. The third kappa shape index (κ3) is 1.99. The van der Waals surface area contributed by atoms with Gasteiger partial charge in [-0.1, -0.05) is 35.0 Å². The summed E-state index contributed by atoms with van der Waals surface area (Å²) < 4.78 is 5.86. The van der Waals surface area contributed by atoms with Crippen molar-refractivity contribution in [3.63, 3.8) is 0 Å². The number of rotatable bonds is 0. The van der Waals surface area contributed by atoms with Crippen LogP contribution in [0.3, 0.4) is 0 Å². The molecule has 0 spiro atoms. The first-order chi connectivity index (χ1) is 8.54. The van der Waals surface area contributed by atoms with Crippen molar-refractivity contribution in [3.05, 3.63) is 45.4 Å². The lowest BCUT2D eigenvalue weighted by molar-refractivity contribution is 0.454. The molecule has 92 valence electrons. The Kier molecular flexibility index (Phi) is 2.97. The maximum absolute atomic E-state index is 6.11. The fraction of sp³-hybridized carbons (Fsp3) is 0.143. The van der Waals surface area contributed by atoms with Crippen molar-refractivity contribution in [1.29, 1.82) is 0 Å². The standard InChI is InChI=1S/C14H10Cl2OS/c1-7-3-13-11(5-9(7)15)17-12-6-10(16)8(2)4-14(12)18-13/h3-6H,1-2H3. The zero-order valence-electron chi connectivity index (χ0n) is 9.88. The molecule has 1 aliphatic heterocycles. The quantitative estimate of drug-likeness (QED) is 0.513. The van der Waals surface area contributed by atoms with Gasteiger partial charge < -0.3 is 4.74 Å². The summed E-state index contributed by atoms with van der Waals surface area (Å²) in [5.41, 5.74) is 2.11. The van der Waals surface area contributed by atoms with Crippen LogP contribution < -0.4 is 4.74 Å². The van der Waals surface area contributed by atoms with E-state index in [0.29, 0.717) is 0 Å². The van der Waals surface area contributed by atoms with Gasteiger partial charge in [-0.2, -0.15) is 0 Å². The van der Waals surface area contributed by atoms with Gasteiger partial charge in [0.1, 0.15) is 11.5 Å². The van der Waals surface area contributed by atoms with E-state index in [-0.39, 0.29) is 0 Å². The molecule has 0 saturated carbocycles. The van der Waals surface area contributed by atoms with Crippen LogP contribution in [-0.2, 0) is 0 Å². The highest BCUT2D eigenvalue weighted by Gasteiger charge is 2.20. The van der Waals surface area contributed by atoms with E-state index in [9.17, 15) is 0 Å². The Morgan fingerprint density at radius 2 is 1.28 bits per heavy atom. The van der Waals surface area contributed by atoms with Crippen LogP contribution in [-0.4, -0.2) is 0 Å². The molecule has 0 radical (unpaired) electrons. The number of aryl methyl sites for hydroxylation is 2. The van der Waals surface area contributed by atoms with Crippen molar-refractivity contribution in [2.45, 2.75) is 23.6 Å². The molecule has 4 heteroatoms. The average Bonchev–Trinajstić information content (AvgIpc) is 2.31. The van der Waals surface area contributed by atoms with Crippen LogP contribution in [0.4, 0.5) is 0 Å². The second kappa shape index (κ2) is 4.37. The molecule has 0 amide bonds. The van der Waals surface area contributed by atoms with Crippen molar-refractivity contribution in [2.75, 3.05) is 0 Å². The molecule has 3 rings (SSSR count). The Morgan fingerprint density at radius 1 is 0.833 bits per heavy atom. The van der Waals surface area contributed by atoms with Gasteiger partial charge >= 0.3 is 0 Å². The van der Waals surface area contributed by atoms with Crippen LogP contribution in [0.2, 0.25) is 10.0 Å². The molecule has 0 aromatic heterocycles. The smallest absolute Gasteiger partial charge is 0.142 e. The molecule has 0 unspecified atom stereocenters. The number of fused-ring (bicyclic) bond motifs is 2. The van der Waals surface area contributed by atoms with Gasteiger partial charge in [-0.15, -0.1) is 0 Å². The van der Waals surface area contributed by atoms with Crippen molar-refractivity contribution in [1.82, 2.24) is 0 Å². The van der Waals surface area contributed by atoms with Crippen molar-refractivity contribution < 1.29 is 4.74 Å². The molecule has 2 aromatic rings. The van der Waals surface area contributed by atoms with Crippen LogP contribution in [0, 0.1) is 13.8 Å². The summed E-state index contributed by atoms with van der Waals surface area (Å²) in [6, 6.07) is 7.82. The van der Waals surface area contributed by atoms with Crippen LogP contribution in [0.1, 0.15) is 11.1 Å². The van der Waals surface area contributed by atoms with E-state index in [2.05, 4.69) is 12.1 Å². The molecule has 1 nitrogen and oxygen atoms in total. The van der Waals surface area contributed by atoms with Gasteiger partial charge in [-0.25, -0.2) is 0 Å².